The van der Waals surface area contributed by atoms with Crippen LogP contribution in [0.5, 0.6) is 0 Å². The lowest BCUT2D eigenvalue weighted by atomic mass is 10.3. The molecule has 1 aromatic carbocycles. The van der Waals surface area contributed by atoms with Crippen molar-refractivity contribution >= 4 is 12.2 Å². The van der Waals surface area contributed by atoms with Crippen molar-refractivity contribution in [3.8, 4) is 5.69 Å². The van der Waals surface area contributed by atoms with Crippen LogP contribution in [0.2, 0.25) is 0 Å². The molecule has 0 bridgehead atoms. The lowest BCUT2D eigenvalue weighted by Gasteiger charge is -2.15. The molecule has 6 heteroatoms. The molecule has 1 aromatic heterocycles. The monoisotopic (exact) mass is 332 g/mol. The quantitative estimate of drug-likeness (QED) is 0.549. The highest BCUT2D eigenvalue weighted by molar-refractivity contribution is 7.71. The number of rotatable bonds is 8. The summed E-state index contributed by atoms with van der Waals surface area (Å²) < 4.78 is 9.97. The average molecular weight is 332 g/mol. The normalized spacial score (nSPS) is 14.6. The Hall–Kier alpha value is -1.50. The molecule has 23 heavy (non-hydrogen) atoms. The third kappa shape index (κ3) is 3.88. The molecular formula is C17H24N4OS. The third-order valence-corrected chi connectivity index (χ3v) is 4.48. The van der Waals surface area contributed by atoms with Gasteiger partial charge in [-0.3, -0.25) is 9.47 Å². The van der Waals surface area contributed by atoms with Gasteiger partial charge in [0.1, 0.15) is 5.82 Å². The molecule has 1 saturated carbocycles. The van der Waals surface area contributed by atoms with E-state index < -0.39 is 0 Å². The van der Waals surface area contributed by atoms with Crippen LogP contribution < -0.4 is 0 Å². The summed E-state index contributed by atoms with van der Waals surface area (Å²) in [6.45, 7) is 2.45. The van der Waals surface area contributed by atoms with Crippen molar-refractivity contribution in [3.05, 3.63) is 40.9 Å². The number of hydrogen-bond donors (Lipinski definition) is 0. The van der Waals surface area contributed by atoms with Gasteiger partial charge in [0.2, 0.25) is 4.77 Å². The zero-order chi connectivity index (χ0) is 16.2. The van der Waals surface area contributed by atoms with E-state index in [0.29, 0.717) is 12.6 Å². The molecule has 0 amide bonds. The van der Waals surface area contributed by atoms with Crippen LogP contribution >= 0.6 is 12.2 Å². The molecule has 124 valence electrons. The minimum absolute atomic E-state index is 0.553. The Labute approximate surface area is 142 Å². The van der Waals surface area contributed by atoms with Crippen molar-refractivity contribution in [1.29, 1.82) is 0 Å². The number of methoxy groups -OCH3 is 1. The van der Waals surface area contributed by atoms with Crippen molar-refractivity contribution in [2.45, 2.75) is 31.8 Å². The van der Waals surface area contributed by atoms with Gasteiger partial charge in [-0.1, -0.05) is 18.2 Å². The summed E-state index contributed by atoms with van der Waals surface area (Å²) in [4.78, 5) is 2.23. The lowest BCUT2D eigenvalue weighted by Crippen LogP contribution is -2.24. The Morgan fingerprint density at radius 2 is 2.04 bits per heavy atom. The molecule has 2 aromatic rings. The van der Waals surface area contributed by atoms with Crippen LogP contribution in [0.3, 0.4) is 0 Å². The van der Waals surface area contributed by atoms with Gasteiger partial charge < -0.3 is 4.74 Å². The van der Waals surface area contributed by atoms with E-state index >= 15 is 0 Å². The summed E-state index contributed by atoms with van der Waals surface area (Å²) in [5.41, 5.74) is 1.10. The van der Waals surface area contributed by atoms with Crippen LogP contribution in [-0.2, 0) is 11.4 Å². The van der Waals surface area contributed by atoms with Crippen LogP contribution in [0, 0.1) is 4.77 Å². The second-order valence-electron chi connectivity index (χ2n) is 6.15. The standard InChI is InChI=1S/C17H24N4OS/c1-19(11-6-12-22-2)13-20-17(23)21(15-7-4-3-5-8-15)16(18-20)14-9-10-14/h3-5,7-8,14H,6,9-13H2,1-2H3. The maximum atomic E-state index is 5.71. The summed E-state index contributed by atoms with van der Waals surface area (Å²) >= 11 is 5.71. The van der Waals surface area contributed by atoms with E-state index in [-0.39, 0.29) is 0 Å². The molecule has 0 aliphatic heterocycles. The lowest BCUT2D eigenvalue weighted by molar-refractivity contribution is 0.168. The van der Waals surface area contributed by atoms with Gasteiger partial charge in [-0.2, -0.15) is 5.10 Å². The largest absolute Gasteiger partial charge is 0.385 e. The summed E-state index contributed by atoms with van der Waals surface area (Å²) in [6.07, 6.45) is 3.43. The minimum Gasteiger partial charge on any atom is -0.385 e. The van der Waals surface area contributed by atoms with E-state index in [9.17, 15) is 0 Å². The minimum atomic E-state index is 0.553. The smallest absolute Gasteiger partial charge is 0.203 e. The number of hydrogen-bond acceptors (Lipinski definition) is 4. The molecule has 1 fully saturated rings. The predicted molar refractivity (Wildman–Crippen MR) is 93.5 cm³/mol. The number of nitrogens with zero attached hydrogens (tertiary/aromatic N) is 4. The summed E-state index contributed by atoms with van der Waals surface area (Å²) in [5, 5.41) is 4.82. The van der Waals surface area contributed by atoms with Crippen LogP contribution in [0.1, 0.15) is 31.0 Å². The Morgan fingerprint density at radius 1 is 1.30 bits per heavy atom. The van der Waals surface area contributed by atoms with Gasteiger partial charge in [0, 0.05) is 31.9 Å². The van der Waals surface area contributed by atoms with Crippen molar-refractivity contribution in [3.63, 3.8) is 0 Å². The first kappa shape index (κ1) is 16.4. The summed E-state index contributed by atoms with van der Waals surface area (Å²) in [5.74, 6) is 1.66. The van der Waals surface area contributed by atoms with Gasteiger partial charge in [-0.15, -0.1) is 0 Å². The first-order chi connectivity index (χ1) is 11.2. The predicted octanol–water partition coefficient (Wildman–Crippen LogP) is 3.21. The Kier molecular flexibility index (Phi) is 5.25. The van der Waals surface area contributed by atoms with E-state index in [1.165, 1.54) is 12.8 Å². The number of para-hydroxylation sites is 1. The zero-order valence-electron chi connectivity index (χ0n) is 13.8. The van der Waals surface area contributed by atoms with Gasteiger partial charge in [0.15, 0.2) is 0 Å². The van der Waals surface area contributed by atoms with Gasteiger partial charge >= 0.3 is 0 Å². The molecule has 0 N–H and O–H groups in total. The molecule has 3 rings (SSSR count). The average Bonchev–Trinajstić information content (AvgIpc) is 3.35. The molecule has 0 saturated heterocycles. The molecule has 0 atom stereocenters. The van der Waals surface area contributed by atoms with E-state index in [1.807, 2.05) is 22.9 Å². The number of aromatic nitrogens is 3. The highest BCUT2D eigenvalue weighted by Gasteiger charge is 2.30. The molecule has 0 unspecified atom stereocenters. The fourth-order valence-electron chi connectivity index (χ4n) is 2.72. The maximum absolute atomic E-state index is 5.71. The molecule has 0 spiro atoms. The van der Waals surface area contributed by atoms with Crippen LogP contribution in [0.25, 0.3) is 5.69 Å². The van der Waals surface area contributed by atoms with Gasteiger partial charge in [0.25, 0.3) is 0 Å². The van der Waals surface area contributed by atoms with Crippen LogP contribution in [-0.4, -0.2) is 46.6 Å². The fraction of sp³-hybridized carbons (Fsp3) is 0.529. The van der Waals surface area contributed by atoms with E-state index in [1.54, 1.807) is 7.11 Å². The Balaban J connectivity index is 1.83. The molecule has 1 heterocycles. The number of benzene rings is 1. The SMILES string of the molecule is COCCCN(C)Cn1nc(C2CC2)n(-c2ccccc2)c1=S. The molecule has 1 aliphatic rings. The number of ether oxygens (including phenoxy) is 1. The first-order valence-electron chi connectivity index (χ1n) is 8.13. The fourth-order valence-corrected chi connectivity index (χ4v) is 3.02. The van der Waals surface area contributed by atoms with Crippen molar-refractivity contribution < 1.29 is 4.74 Å². The van der Waals surface area contributed by atoms with Crippen LogP contribution in [0.4, 0.5) is 0 Å². The van der Waals surface area contributed by atoms with Crippen molar-refractivity contribution in [2.24, 2.45) is 0 Å². The zero-order valence-corrected chi connectivity index (χ0v) is 14.6. The van der Waals surface area contributed by atoms with Gasteiger partial charge in [0.05, 0.1) is 6.67 Å². The van der Waals surface area contributed by atoms with E-state index in [2.05, 4.69) is 28.6 Å². The topological polar surface area (TPSA) is 35.2 Å². The van der Waals surface area contributed by atoms with Crippen molar-refractivity contribution in [1.82, 2.24) is 19.2 Å². The first-order valence-corrected chi connectivity index (χ1v) is 8.54. The summed E-state index contributed by atoms with van der Waals surface area (Å²) in [6, 6.07) is 10.3. The Morgan fingerprint density at radius 3 is 2.70 bits per heavy atom. The van der Waals surface area contributed by atoms with Crippen molar-refractivity contribution in [2.75, 3.05) is 27.3 Å². The van der Waals surface area contributed by atoms with E-state index in [0.717, 1.165) is 35.9 Å². The molecular weight excluding hydrogens is 308 g/mol. The molecule has 5 nitrogen and oxygen atoms in total. The molecule has 0 radical (unpaired) electrons. The third-order valence-electron chi connectivity index (χ3n) is 4.08. The van der Waals surface area contributed by atoms with Crippen LogP contribution in [0.15, 0.2) is 30.3 Å². The second kappa shape index (κ2) is 7.38. The van der Waals surface area contributed by atoms with Gasteiger partial charge in [-0.25, -0.2) is 4.68 Å². The summed E-state index contributed by atoms with van der Waals surface area (Å²) in [7, 11) is 3.83. The highest BCUT2D eigenvalue weighted by Crippen LogP contribution is 2.40. The molecule has 1 aliphatic carbocycles. The van der Waals surface area contributed by atoms with E-state index in [4.69, 9.17) is 22.1 Å². The second-order valence-corrected chi connectivity index (χ2v) is 6.52. The maximum Gasteiger partial charge on any atom is 0.203 e. The highest BCUT2D eigenvalue weighted by atomic mass is 32.1. The Bertz CT molecular complexity index is 690. The van der Waals surface area contributed by atoms with Gasteiger partial charge in [-0.05, 0) is 50.7 Å².